The van der Waals surface area contributed by atoms with Crippen molar-refractivity contribution in [1.82, 2.24) is 5.32 Å². The third kappa shape index (κ3) is 2.91. The minimum absolute atomic E-state index is 0.181. The average Bonchev–Trinajstić information content (AvgIpc) is 2.88. The molecule has 0 radical (unpaired) electrons. The van der Waals surface area contributed by atoms with Crippen molar-refractivity contribution in [3.8, 4) is 0 Å². The molecule has 0 saturated carbocycles. The fourth-order valence-electron chi connectivity index (χ4n) is 2.61. The highest BCUT2D eigenvalue weighted by Gasteiger charge is 2.20. The van der Waals surface area contributed by atoms with Gasteiger partial charge in [0.15, 0.2) is 0 Å². The summed E-state index contributed by atoms with van der Waals surface area (Å²) in [5.41, 5.74) is 2.41. The number of rotatable bonds is 3. The van der Waals surface area contributed by atoms with Crippen molar-refractivity contribution in [2.75, 3.05) is 0 Å². The summed E-state index contributed by atoms with van der Waals surface area (Å²) >= 11 is 5.32. The van der Waals surface area contributed by atoms with E-state index in [-0.39, 0.29) is 5.82 Å². The van der Waals surface area contributed by atoms with Gasteiger partial charge in [0, 0.05) is 21.9 Å². The molecule has 1 aromatic heterocycles. The second-order valence-electron chi connectivity index (χ2n) is 4.86. The summed E-state index contributed by atoms with van der Waals surface area (Å²) in [6, 6.07) is 7.46. The van der Waals surface area contributed by atoms with E-state index in [1.54, 1.807) is 12.1 Å². The van der Waals surface area contributed by atoms with Crippen LogP contribution in [0.2, 0.25) is 0 Å². The lowest BCUT2D eigenvalue weighted by molar-refractivity contribution is 0.462. The highest BCUT2D eigenvalue weighted by Crippen LogP contribution is 2.33. The average molecular weight is 340 g/mol. The van der Waals surface area contributed by atoms with Crippen LogP contribution in [0.25, 0.3) is 0 Å². The van der Waals surface area contributed by atoms with Gasteiger partial charge >= 0.3 is 0 Å². The number of hydrogen-bond acceptors (Lipinski definition) is 2. The first-order valence-corrected chi connectivity index (χ1v) is 8.15. The smallest absolute Gasteiger partial charge is 0.123 e. The van der Waals surface area contributed by atoms with E-state index < -0.39 is 0 Å². The van der Waals surface area contributed by atoms with Gasteiger partial charge in [-0.15, -0.1) is 11.3 Å². The third-order valence-corrected chi connectivity index (χ3v) is 5.37. The number of halogens is 2. The number of benzene rings is 1. The molecule has 0 saturated heterocycles. The van der Waals surface area contributed by atoms with Crippen molar-refractivity contribution in [2.24, 2.45) is 0 Å². The second-order valence-corrected chi connectivity index (χ2v) is 6.72. The fraction of sp³-hybridized carbons (Fsp3) is 0.333. The first-order valence-electron chi connectivity index (χ1n) is 6.47. The standard InChI is InChI=1S/C15H15BrFNS/c16-13-5-4-11(17)8-10(13)9-18-14-2-1-3-15-12(14)6-7-19-15/h4-8,14,18H,1-3,9H2. The van der Waals surface area contributed by atoms with Gasteiger partial charge in [0.25, 0.3) is 0 Å². The SMILES string of the molecule is Fc1ccc(Br)c(CNC2CCCc3sccc32)c1. The van der Waals surface area contributed by atoms with Crippen molar-refractivity contribution < 1.29 is 4.39 Å². The van der Waals surface area contributed by atoms with Crippen LogP contribution in [0.5, 0.6) is 0 Å². The van der Waals surface area contributed by atoms with Gasteiger partial charge in [-0.05, 0) is 60.0 Å². The molecule has 1 aromatic carbocycles. The highest BCUT2D eigenvalue weighted by atomic mass is 79.9. The number of thiophene rings is 1. The maximum absolute atomic E-state index is 13.3. The summed E-state index contributed by atoms with van der Waals surface area (Å²) in [4.78, 5) is 1.50. The molecule has 0 spiro atoms. The summed E-state index contributed by atoms with van der Waals surface area (Å²) in [5.74, 6) is -0.181. The molecular weight excluding hydrogens is 325 g/mol. The van der Waals surface area contributed by atoms with Crippen LogP contribution < -0.4 is 5.32 Å². The van der Waals surface area contributed by atoms with Crippen molar-refractivity contribution in [3.63, 3.8) is 0 Å². The normalized spacial score (nSPS) is 18.3. The van der Waals surface area contributed by atoms with E-state index in [1.165, 1.54) is 29.3 Å². The lowest BCUT2D eigenvalue weighted by Gasteiger charge is -2.24. The number of nitrogens with one attached hydrogen (secondary N) is 1. The molecule has 100 valence electrons. The van der Waals surface area contributed by atoms with Crippen LogP contribution in [-0.4, -0.2) is 0 Å². The van der Waals surface area contributed by atoms with Crippen molar-refractivity contribution in [1.29, 1.82) is 0 Å². The number of aryl methyl sites for hydroxylation is 1. The maximum atomic E-state index is 13.3. The van der Waals surface area contributed by atoms with E-state index in [9.17, 15) is 4.39 Å². The Hall–Kier alpha value is -0.710. The zero-order valence-electron chi connectivity index (χ0n) is 10.5. The predicted octanol–water partition coefficient (Wildman–Crippen LogP) is 4.82. The van der Waals surface area contributed by atoms with Gasteiger partial charge in [-0.2, -0.15) is 0 Å². The summed E-state index contributed by atoms with van der Waals surface area (Å²) in [6.07, 6.45) is 3.60. The molecule has 2 aromatic rings. The Morgan fingerprint density at radius 1 is 1.37 bits per heavy atom. The summed E-state index contributed by atoms with van der Waals surface area (Å²) in [5, 5.41) is 5.73. The summed E-state index contributed by atoms with van der Waals surface area (Å²) in [7, 11) is 0. The van der Waals surface area contributed by atoms with E-state index in [2.05, 4.69) is 32.7 Å². The summed E-state index contributed by atoms with van der Waals surface area (Å²) in [6.45, 7) is 0.693. The van der Waals surface area contributed by atoms with Gasteiger partial charge in [0.1, 0.15) is 5.82 Å². The second kappa shape index (κ2) is 5.73. The van der Waals surface area contributed by atoms with Crippen molar-refractivity contribution >= 4 is 27.3 Å². The Morgan fingerprint density at radius 3 is 3.16 bits per heavy atom. The van der Waals surface area contributed by atoms with E-state index in [0.29, 0.717) is 12.6 Å². The fourth-order valence-corrected chi connectivity index (χ4v) is 3.98. The zero-order chi connectivity index (χ0) is 13.2. The topological polar surface area (TPSA) is 12.0 Å². The van der Waals surface area contributed by atoms with Crippen molar-refractivity contribution in [2.45, 2.75) is 31.8 Å². The Labute approximate surface area is 125 Å². The lowest BCUT2D eigenvalue weighted by Crippen LogP contribution is -2.24. The largest absolute Gasteiger partial charge is 0.306 e. The monoisotopic (exact) mass is 339 g/mol. The van der Waals surface area contributed by atoms with Crippen LogP contribution in [-0.2, 0) is 13.0 Å². The van der Waals surface area contributed by atoms with Crippen LogP contribution in [0.3, 0.4) is 0 Å². The van der Waals surface area contributed by atoms with E-state index in [4.69, 9.17) is 0 Å². The molecule has 1 nitrogen and oxygen atoms in total. The number of fused-ring (bicyclic) bond motifs is 1. The molecule has 19 heavy (non-hydrogen) atoms. The van der Waals surface area contributed by atoms with Gasteiger partial charge in [-0.1, -0.05) is 15.9 Å². The van der Waals surface area contributed by atoms with Crippen LogP contribution >= 0.6 is 27.3 Å². The molecule has 1 heterocycles. The Kier molecular flexibility index (Phi) is 4.01. The Balaban J connectivity index is 1.72. The van der Waals surface area contributed by atoms with Crippen LogP contribution in [0.4, 0.5) is 4.39 Å². The summed E-state index contributed by atoms with van der Waals surface area (Å²) < 4.78 is 14.2. The van der Waals surface area contributed by atoms with Crippen LogP contribution in [0.1, 0.15) is 34.9 Å². The molecule has 1 unspecified atom stereocenters. The highest BCUT2D eigenvalue weighted by molar-refractivity contribution is 9.10. The molecule has 0 fully saturated rings. The minimum atomic E-state index is -0.181. The van der Waals surface area contributed by atoms with Crippen molar-refractivity contribution in [3.05, 3.63) is 55.9 Å². The molecule has 3 rings (SSSR count). The molecule has 4 heteroatoms. The minimum Gasteiger partial charge on any atom is -0.306 e. The molecule has 1 aliphatic carbocycles. The van der Waals surface area contributed by atoms with Gasteiger partial charge < -0.3 is 5.32 Å². The van der Waals surface area contributed by atoms with E-state index in [1.807, 2.05) is 11.3 Å². The predicted molar refractivity (Wildman–Crippen MR) is 80.9 cm³/mol. The van der Waals surface area contributed by atoms with E-state index in [0.717, 1.165) is 16.5 Å². The van der Waals surface area contributed by atoms with Gasteiger partial charge in [-0.25, -0.2) is 4.39 Å². The van der Waals surface area contributed by atoms with Gasteiger partial charge in [0.2, 0.25) is 0 Å². The molecule has 1 aliphatic rings. The zero-order valence-corrected chi connectivity index (χ0v) is 12.9. The maximum Gasteiger partial charge on any atom is 0.123 e. The Bertz CT molecular complexity index is 581. The Morgan fingerprint density at radius 2 is 2.26 bits per heavy atom. The number of hydrogen-bond donors (Lipinski definition) is 1. The lowest BCUT2D eigenvalue weighted by atomic mass is 9.94. The molecule has 0 bridgehead atoms. The quantitative estimate of drug-likeness (QED) is 0.845. The first-order chi connectivity index (χ1) is 9.24. The first kappa shape index (κ1) is 13.3. The van der Waals surface area contributed by atoms with Gasteiger partial charge in [0.05, 0.1) is 0 Å². The third-order valence-electron chi connectivity index (χ3n) is 3.60. The van der Waals surface area contributed by atoms with E-state index >= 15 is 0 Å². The molecule has 0 aliphatic heterocycles. The molecular formula is C15H15BrFNS. The molecule has 1 N–H and O–H groups in total. The molecule has 0 amide bonds. The molecule has 1 atom stereocenters. The van der Waals surface area contributed by atoms with Crippen LogP contribution in [0, 0.1) is 5.82 Å². The van der Waals surface area contributed by atoms with Crippen LogP contribution in [0.15, 0.2) is 34.1 Å². The van der Waals surface area contributed by atoms with Gasteiger partial charge in [-0.3, -0.25) is 0 Å².